The molecule has 0 bridgehead atoms. The third kappa shape index (κ3) is 3.11. The first-order chi connectivity index (χ1) is 11.6. The van der Waals surface area contributed by atoms with Crippen LogP contribution < -0.4 is 10.2 Å². The third-order valence-electron chi connectivity index (χ3n) is 4.05. The number of carbonyl (C=O) groups is 1. The number of halogens is 1. The Kier molecular flexibility index (Phi) is 4.51. The average molecular weight is 326 g/mol. The van der Waals surface area contributed by atoms with E-state index in [4.69, 9.17) is 4.42 Å². The summed E-state index contributed by atoms with van der Waals surface area (Å²) in [5, 5.41) is 3.45. The second-order valence-corrected chi connectivity index (χ2v) is 5.69. The molecule has 1 heterocycles. The maximum absolute atomic E-state index is 13.8. The molecule has 124 valence electrons. The van der Waals surface area contributed by atoms with Gasteiger partial charge in [-0.15, -0.1) is 0 Å². The van der Waals surface area contributed by atoms with E-state index in [0.29, 0.717) is 24.0 Å². The first-order valence-corrected chi connectivity index (χ1v) is 7.80. The maximum Gasteiger partial charge on any atom is 0.287 e. The van der Waals surface area contributed by atoms with Gasteiger partial charge in [-0.1, -0.05) is 30.3 Å². The molecule has 0 saturated carbocycles. The SMILES string of the molecule is Cc1c(C(=O)NCCN(C)c2ccccc2)oc2c(F)cccc12. The number of hydrogen-bond acceptors (Lipinski definition) is 3. The molecule has 0 saturated heterocycles. The molecule has 0 aliphatic heterocycles. The van der Waals surface area contributed by atoms with Crippen molar-refractivity contribution in [2.24, 2.45) is 0 Å². The quantitative estimate of drug-likeness (QED) is 0.777. The Balaban J connectivity index is 1.65. The number of benzene rings is 2. The monoisotopic (exact) mass is 326 g/mol. The molecular weight excluding hydrogens is 307 g/mol. The second-order valence-electron chi connectivity index (χ2n) is 5.69. The average Bonchev–Trinajstić information content (AvgIpc) is 2.94. The van der Waals surface area contributed by atoms with Gasteiger partial charge in [-0.2, -0.15) is 0 Å². The van der Waals surface area contributed by atoms with E-state index in [0.717, 1.165) is 5.69 Å². The summed E-state index contributed by atoms with van der Waals surface area (Å²) in [6, 6.07) is 14.6. The molecule has 4 nitrogen and oxygen atoms in total. The zero-order chi connectivity index (χ0) is 17.1. The second kappa shape index (κ2) is 6.74. The van der Waals surface area contributed by atoms with Crippen molar-refractivity contribution in [2.75, 3.05) is 25.0 Å². The fourth-order valence-corrected chi connectivity index (χ4v) is 2.65. The van der Waals surface area contributed by atoms with Crippen molar-refractivity contribution in [1.82, 2.24) is 5.32 Å². The highest BCUT2D eigenvalue weighted by Crippen LogP contribution is 2.27. The van der Waals surface area contributed by atoms with Gasteiger partial charge in [-0.25, -0.2) is 4.39 Å². The van der Waals surface area contributed by atoms with E-state index in [2.05, 4.69) is 5.32 Å². The molecule has 0 fully saturated rings. The number of amides is 1. The minimum atomic E-state index is -0.460. The number of rotatable bonds is 5. The summed E-state index contributed by atoms with van der Waals surface area (Å²) < 4.78 is 19.2. The predicted molar refractivity (Wildman–Crippen MR) is 93.0 cm³/mol. The molecule has 2 aromatic carbocycles. The molecule has 3 rings (SSSR count). The maximum atomic E-state index is 13.8. The van der Waals surface area contributed by atoms with Gasteiger partial charge in [0.05, 0.1) is 0 Å². The number of para-hydroxylation sites is 2. The molecule has 1 N–H and O–H groups in total. The Hall–Kier alpha value is -2.82. The van der Waals surface area contributed by atoms with Gasteiger partial charge >= 0.3 is 0 Å². The smallest absolute Gasteiger partial charge is 0.287 e. The molecule has 0 radical (unpaired) electrons. The fourth-order valence-electron chi connectivity index (χ4n) is 2.65. The number of aryl methyl sites for hydroxylation is 1. The Bertz CT molecular complexity index is 858. The van der Waals surface area contributed by atoms with Crippen molar-refractivity contribution in [3.8, 4) is 0 Å². The van der Waals surface area contributed by atoms with Crippen LogP contribution in [0.25, 0.3) is 11.0 Å². The summed E-state index contributed by atoms with van der Waals surface area (Å²) >= 11 is 0. The van der Waals surface area contributed by atoms with E-state index in [1.54, 1.807) is 19.1 Å². The number of anilines is 1. The highest BCUT2D eigenvalue weighted by Gasteiger charge is 2.19. The molecular formula is C19H19FN2O2. The molecule has 3 aromatic rings. The molecule has 0 aliphatic rings. The van der Waals surface area contributed by atoms with E-state index in [1.165, 1.54) is 6.07 Å². The first kappa shape index (κ1) is 16.1. The Morgan fingerprint density at radius 1 is 1.17 bits per heavy atom. The van der Waals surface area contributed by atoms with Crippen LogP contribution in [0.5, 0.6) is 0 Å². The summed E-state index contributed by atoms with van der Waals surface area (Å²) in [6.07, 6.45) is 0. The van der Waals surface area contributed by atoms with Crippen LogP contribution >= 0.6 is 0 Å². The van der Waals surface area contributed by atoms with Crippen molar-refractivity contribution in [2.45, 2.75) is 6.92 Å². The van der Waals surface area contributed by atoms with Crippen LogP contribution in [0, 0.1) is 12.7 Å². The highest BCUT2D eigenvalue weighted by molar-refractivity contribution is 5.99. The molecule has 0 atom stereocenters. The van der Waals surface area contributed by atoms with Crippen molar-refractivity contribution in [3.63, 3.8) is 0 Å². The van der Waals surface area contributed by atoms with Crippen LogP contribution in [0.1, 0.15) is 16.1 Å². The lowest BCUT2D eigenvalue weighted by molar-refractivity contribution is 0.0928. The molecule has 5 heteroatoms. The van der Waals surface area contributed by atoms with E-state index in [-0.39, 0.29) is 17.3 Å². The lowest BCUT2D eigenvalue weighted by atomic mass is 10.1. The molecule has 0 aliphatic carbocycles. The lowest BCUT2D eigenvalue weighted by Crippen LogP contribution is -2.33. The van der Waals surface area contributed by atoms with Crippen LogP contribution in [0.15, 0.2) is 52.9 Å². The van der Waals surface area contributed by atoms with Crippen LogP contribution in [-0.2, 0) is 0 Å². The summed E-state index contributed by atoms with van der Waals surface area (Å²) in [6.45, 7) is 2.88. The van der Waals surface area contributed by atoms with Gasteiger partial charge in [-0.05, 0) is 25.1 Å². The largest absolute Gasteiger partial charge is 0.448 e. The summed E-state index contributed by atoms with van der Waals surface area (Å²) in [5.41, 5.74) is 1.86. The van der Waals surface area contributed by atoms with E-state index in [1.807, 2.05) is 42.3 Å². The highest BCUT2D eigenvalue weighted by atomic mass is 19.1. The van der Waals surface area contributed by atoms with Crippen LogP contribution in [0.4, 0.5) is 10.1 Å². The predicted octanol–water partition coefficient (Wildman–Crippen LogP) is 3.75. The minimum Gasteiger partial charge on any atom is -0.448 e. The number of nitrogens with zero attached hydrogens (tertiary/aromatic N) is 1. The van der Waals surface area contributed by atoms with Crippen molar-refractivity contribution in [1.29, 1.82) is 0 Å². The Morgan fingerprint density at radius 3 is 2.62 bits per heavy atom. The van der Waals surface area contributed by atoms with Crippen LogP contribution in [0.3, 0.4) is 0 Å². The van der Waals surface area contributed by atoms with Crippen LogP contribution in [-0.4, -0.2) is 26.0 Å². The van der Waals surface area contributed by atoms with Gasteiger partial charge < -0.3 is 14.6 Å². The molecule has 1 amide bonds. The topological polar surface area (TPSA) is 45.5 Å². The van der Waals surface area contributed by atoms with Gasteiger partial charge in [0.1, 0.15) is 0 Å². The van der Waals surface area contributed by atoms with Gasteiger partial charge in [0.15, 0.2) is 17.2 Å². The first-order valence-electron chi connectivity index (χ1n) is 7.80. The summed E-state index contributed by atoms with van der Waals surface area (Å²) in [5.74, 6) is -0.625. The van der Waals surface area contributed by atoms with Gasteiger partial charge in [0, 0.05) is 36.8 Å². The summed E-state index contributed by atoms with van der Waals surface area (Å²) in [7, 11) is 1.96. The van der Waals surface area contributed by atoms with Crippen molar-refractivity contribution < 1.29 is 13.6 Å². The lowest BCUT2D eigenvalue weighted by Gasteiger charge is -2.19. The minimum absolute atomic E-state index is 0.126. The number of likely N-dealkylation sites (N-methyl/N-ethyl adjacent to an activating group) is 1. The Labute approximate surface area is 139 Å². The van der Waals surface area contributed by atoms with Gasteiger partial charge in [0.25, 0.3) is 5.91 Å². The van der Waals surface area contributed by atoms with Gasteiger partial charge in [-0.3, -0.25) is 4.79 Å². The number of furan rings is 1. The zero-order valence-corrected chi connectivity index (χ0v) is 13.7. The number of hydrogen-bond donors (Lipinski definition) is 1. The standard InChI is InChI=1S/C19H19FN2O2/c1-13-15-9-6-10-16(20)18(15)24-17(13)19(23)21-11-12-22(2)14-7-4-3-5-8-14/h3-10H,11-12H2,1-2H3,(H,21,23). The van der Waals surface area contributed by atoms with E-state index in [9.17, 15) is 9.18 Å². The fraction of sp³-hybridized carbons (Fsp3) is 0.211. The molecule has 0 unspecified atom stereocenters. The number of carbonyl (C=O) groups excluding carboxylic acids is 1. The molecule has 0 spiro atoms. The summed E-state index contributed by atoms with van der Waals surface area (Å²) in [4.78, 5) is 14.4. The molecule has 1 aromatic heterocycles. The molecule has 24 heavy (non-hydrogen) atoms. The van der Waals surface area contributed by atoms with Gasteiger partial charge in [0.2, 0.25) is 0 Å². The number of fused-ring (bicyclic) bond motifs is 1. The third-order valence-corrected chi connectivity index (χ3v) is 4.05. The van der Waals surface area contributed by atoms with Crippen LogP contribution in [0.2, 0.25) is 0 Å². The normalized spacial score (nSPS) is 10.8. The van der Waals surface area contributed by atoms with E-state index < -0.39 is 5.82 Å². The van der Waals surface area contributed by atoms with E-state index >= 15 is 0 Å². The number of nitrogens with one attached hydrogen (secondary N) is 1. The van der Waals surface area contributed by atoms with Crippen molar-refractivity contribution >= 4 is 22.6 Å². The zero-order valence-electron chi connectivity index (χ0n) is 13.7. The Morgan fingerprint density at radius 2 is 1.92 bits per heavy atom. The van der Waals surface area contributed by atoms with Crippen molar-refractivity contribution in [3.05, 3.63) is 65.7 Å².